The Morgan fingerprint density at radius 3 is 2.94 bits per heavy atom. The summed E-state index contributed by atoms with van der Waals surface area (Å²) in [5.74, 6) is 0.765. The molecule has 0 spiro atoms. The van der Waals surface area contributed by atoms with Gasteiger partial charge in [-0.25, -0.2) is 0 Å². The molecule has 0 unspecified atom stereocenters. The van der Waals surface area contributed by atoms with Crippen LogP contribution in [0.3, 0.4) is 0 Å². The summed E-state index contributed by atoms with van der Waals surface area (Å²) in [6.45, 7) is 1.94. The lowest BCUT2D eigenvalue weighted by molar-refractivity contribution is 0.983. The number of aromatic nitrogens is 2. The summed E-state index contributed by atoms with van der Waals surface area (Å²) >= 11 is 9.12. The number of nitrogens with two attached hydrogens (primary N) is 1. The fourth-order valence-electron chi connectivity index (χ4n) is 1.18. The van der Waals surface area contributed by atoms with Crippen molar-refractivity contribution in [2.45, 2.75) is 17.0 Å². The zero-order valence-electron chi connectivity index (χ0n) is 8.61. The molecule has 1 aromatic carbocycles. The van der Waals surface area contributed by atoms with Crippen LogP contribution in [0.1, 0.15) is 10.6 Å². The number of hydrogen-bond acceptors (Lipinski definition) is 5. The van der Waals surface area contributed by atoms with Crippen molar-refractivity contribution >= 4 is 40.4 Å². The zero-order valence-corrected chi connectivity index (χ0v) is 11.0. The third-order valence-corrected chi connectivity index (χ3v) is 4.22. The molecule has 0 atom stereocenters. The molecule has 0 aliphatic rings. The van der Waals surface area contributed by atoms with E-state index in [1.807, 2.05) is 19.1 Å². The predicted octanol–water partition coefficient (Wildman–Crippen LogP) is 3.37. The quantitative estimate of drug-likeness (QED) is 0.687. The maximum atomic E-state index is 5.91. The van der Waals surface area contributed by atoms with Gasteiger partial charge in [0.05, 0.1) is 0 Å². The molecule has 2 rings (SSSR count). The third kappa shape index (κ3) is 2.87. The molecule has 0 fully saturated rings. The van der Waals surface area contributed by atoms with Crippen molar-refractivity contribution in [3.05, 3.63) is 33.8 Å². The second-order valence-corrected chi connectivity index (χ2v) is 6.06. The first-order valence-corrected chi connectivity index (χ1v) is 6.80. The Hall–Kier alpha value is -0.780. The van der Waals surface area contributed by atoms with Crippen LogP contribution in [0.4, 0.5) is 5.69 Å². The van der Waals surface area contributed by atoms with Crippen LogP contribution in [0.2, 0.25) is 5.02 Å². The van der Waals surface area contributed by atoms with Gasteiger partial charge in [0.25, 0.3) is 0 Å². The standard InChI is InChI=1S/C10H10ClN3S2/c1-6-13-14-10(16-6)15-5-7-4-8(11)2-3-9(7)12/h2-4H,5,12H2,1H3. The summed E-state index contributed by atoms with van der Waals surface area (Å²) in [5, 5.41) is 9.68. The molecule has 2 aromatic rings. The van der Waals surface area contributed by atoms with E-state index in [-0.39, 0.29) is 0 Å². The number of hydrogen-bond donors (Lipinski definition) is 1. The molecule has 84 valence electrons. The Balaban J connectivity index is 2.07. The van der Waals surface area contributed by atoms with E-state index in [0.717, 1.165) is 26.4 Å². The zero-order chi connectivity index (χ0) is 11.5. The predicted molar refractivity (Wildman–Crippen MR) is 70.1 cm³/mol. The summed E-state index contributed by atoms with van der Waals surface area (Å²) in [5.41, 5.74) is 7.65. The SMILES string of the molecule is Cc1nnc(SCc2cc(Cl)ccc2N)s1. The number of nitrogens with zero attached hydrogens (tertiary/aromatic N) is 2. The van der Waals surface area contributed by atoms with Crippen LogP contribution < -0.4 is 5.73 Å². The molecular formula is C10H10ClN3S2. The van der Waals surface area contributed by atoms with Crippen LogP contribution in [0, 0.1) is 6.92 Å². The van der Waals surface area contributed by atoms with Gasteiger partial charge in [-0.1, -0.05) is 34.7 Å². The molecule has 0 amide bonds. The smallest absolute Gasteiger partial charge is 0.174 e. The molecule has 0 aliphatic carbocycles. The Bertz CT molecular complexity index is 499. The monoisotopic (exact) mass is 271 g/mol. The van der Waals surface area contributed by atoms with Gasteiger partial charge in [-0.05, 0) is 30.7 Å². The van der Waals surface area contributed by atoms with E-state index < -0.39 is 0 Å². The van der Waals surface area contributed by atoms with Gasteiger partial charge in [-0.2, -0.15) is 0 Å². The Morgan fingerprint density at radius 2 is 2.25 bits per heavy atom. The summed E-state index contributed by atoms with van der Waals surface area (Å²) in [6.07, 6.45) is 0. The van der Waals surface area contributed by atoms with Crippen molar-refractivity contribution in [2.24, 2.45) is 0 Å². The highest BCUT2D eigenvalue weighted by Gasteiger charge is 2.05. The first-order valence-electron chi connectivity index (χ1n) is 4.62. The first-order chi connectivity index (χ1) is 7.65. The lowest BCUT2D eigenvalue weighted by Gasteiger charge is -2.03. The van der Waals surface area contributed by atoms with Gasteiger partial charge in [0.1, 0.15) is 5.01 Å². The normalized spacial score (nSPS) is 10.6. The van der Waals surface area contributed by atoms with Crippen LogP contribution in [-0.4, -0.2) is 10.2 Å². The van der Waals surface area contributed by atoms with E-state index in [2.05, 4.69) is 10.2 Å². The molecule has 0 bridgehead atoms. The third-order valence-electron chi connectivity index (χ3n) is 1.96. The minimum Gasteiger partial charge on any atom is -0.398 e. The molecule has 2 N–H and O–H groups in total. The Kier molecular flexibility index (Phi) is 3.68. The van der Waals surface area contributed by atoms with Crippen molar-refractivity contribution in [3.63, 3.8) is 0 Å². The first kappa shape index (κ1) is 11.7. The van der Waals surface area contributed by atoms with E-state index in [4.69, 9.17) is 17.3 Å². The second kappa shape index (κ2) is 5.03. The highest BCUT2D eigenvalue weighted by atomic mass is 35.5. The van der Waals surface area contributed by atoms with Crippen LogP contribution in [-0.2, 0) is 5.75 Å². The van der Waals surface area contributed by atoms with Crippen LogP contribution >= 0.6 is 34.7 Å². The van der Waals surface area contributed by atoms with Gasteiger partial charge in [0.2, 0.25) is 0 Å². The van der Waals surface area contributed by atoms with Crippen LogP contribution in [0.25, 0.3) is 0 Å². The van der Waals surface area contributed by atoms with E-state index in [1.165, 1.54) is 0 Å². The molecule has 0 saturated heterocycles. The summed E-state index contributed by atoms with van der Waals surface area (Å²) < 4.78 is 0.955. The topological polar surface area (TPSA) is 51.8 Å². The number of thioether (sulfide) groups is 1. The van der Waals surface area contributed by atoms with Gasteiger partial charge < -0.3 is 5.73 Å². The van der Waals surface area contributed by atoms with Crippen molar-refractivity contribution in [3.8, 4) is 0 Å². The summed E-state index contributed by atoms with van der Waals surface area (Å²) in [6, 6.07) is 5.50. The van der Waals surface area contributed by atoms with Crippen molar-refractivity contribution in [1.29, 1.82) is 0 Å². The molecule has 0 aliphatic heterocycles. The fraction of sp³-hybridized carbons (Fsp3) is 0.200. The highest BCUT2D eigenvalue weighted by molar-refractivity contribution is 8.00. The number of aryl methyl sites for hydroxylation is 1. The maximum absolute atomic E-state index is 5.91. The Morgan fingerprint density at radius 1 is 1.44 bits per heavy atom. The molecule has 16 heavy (non-hydrogen) atoms. The molecule has 0 saturated carbocycles. The number of rotatable bonds is 3. The van der Waals surface area contributed by atoms with E-state index in [9.17, 15) is 0 Å². The number of anilines is 1. The minimum atomic E-state index is 0.707. The summed E-state index contributed by atoms with van der Waals surface area (Å²) in [7, 11) is 0. The maximum Gasteiger partial charge on any atom is 0.174 e. The van der Waals surface area contributed by atoms with E-state index >= 15 is 0 Å². The lowest BCUT2D eigenvalue weighted by Crippen LogP contribution is -1.92. The number of halogens is 1. The second-order valence-electron chi connectivity index (χ2n) is 3.22. The highest BCUT2D eigenvalue weighted by Crippen LogP contribution is 2.28. The van der Waals surface area contributed by atoms with Gasteiger partial charge in [0, 0.05) is 16.5 Å². The molecular weight excluding hydrogens is 262 g/mol. The molecule has 1 heterocycles. The van der Waals surface area contributed by atoms with Crippen molar-refractivity contribution < 1.29 is 0 Å². The average molecular weight is 272 g/mol. The van der Waals surface area contributed by atoms with Gasteiger partial charge in [-0.15, -0.1) is 10.2 Å². The van der Waals surface area contributed by atoms with E-state index in [1.54, 1.807) is 29.2 Å². The van der Waals surface area contributed by atoms with Gasteiger partial charge >= 0.3 is 0 Å². The molecule has 3 nitrogen and oxygen atoms in total. The van der Waals surface area contributed by atoms with Crippen molar-refractivity contribution in [1.82, 2.24) is 10.2 Å². The largest absolute Gasteiger partial charge is 0.398 e. The fourth-order valence-corrected chi connectivity index (χ4v) is 3.19. The molecule has 0 radical (unpaired) electrons. The Labute approximate surface area is 107 Å². The average Bonchev–Trinajstić information content (AvgIpc) is 2.66. The summed E-state index contributed by atoms with van der Waals surface area (Å²) in [4.78, 5) is 0. The van der Waals surface area contributed by atoms with Gasteiger partial charge in [0.15, 0.2) is 4.34 Å². The number of benzene rings is 1. The minimum absolute atomic E-state index is 0.707. The molecule has 6 heteroatoms. The molecule has 1 aromatic heterocycles. The lowest BCUT2D eigenvalue weighted by atomic mass is 10.2. The van der Waals surface area contributed by atoms with Crippen LogP contribution in [0.15, 0.2) is 22.5 Å². The van der Waals surface area contributed by atoms with Crippen LogP contribution in [0.5, 0.6) is 0 Å². The number of nitrogen functional groups attached to an aromatic ring is 1. The van der Waals surface area contributed by atoms with Crippen molar-refractivity contribution in [2.75, 3.05) is 5.73 Å². The van der Waals surface area contributed by atoms with Gasteiger partial charge in [-0.3, -0.25) is 0 Å². The van der Waals surface area contributed by atoms with E-state index in [0.29, 0.717) is 5.02 Å².